The Balaban J connectivity index is 0.000000217. The summed E-state index contributed by atoms with van der Waals surface area (Å²) in [6.07, 6.45) is 10.7. The Morgan fingerprint density at radius 1 is 1.16 bits per heavy atom. The van der Waals surface area contributed by atoms with Crippen molar-refractivity contribution in [2.75, 3.05) is 18.4 Å². The number of alkyl halides is 2. The zero-order chi connectivity index (χ0) is 21.4. The molecular formula is C21H20F2N6OS. The summed E-state index contributed by atoms with van der Waals surface area (Å²) in [6.45, 7) is -0.812. The Kier molecular flexibility index (Phi) is 5.01. The summed E-state index contributed by atoms with van der Waals surface area (Å²) < 4.78 is 25.4. The average molecular weight is 442 g/mol. The number of aromatic nitrogens is 4. The van der Waals surface area contributed by atoms with E-state index in [0.717, 1.165) is 33.2 Å². The number of anilines is 2. The topological polar surface area (TPSA) is 75.4 Å². The van der Waals surface area contributed by atoms with Gasteiger partial charge in [0.2, 0.25) is 6.41 Å². The molecule has 1 saturated heterocycles. The van der Waals surface area contributed by atoms with Crippen molar-refractivity contribution < 1.29 is 13.6 Å². The van der Waals surface area contributed by atoms with Gasteiger partial charge in [-0.05, 0) is 49.4 Å². The van der Waals surface area contributed by atoms with Crippen molar-refractivity contribution in [3.05, 3.63) is 47.4 Å². The lowest BCUT2D eigenvalue weighted by Gasteiger charge is -2.35. The number of halogens is 2. The molecule has 0 atom stereocenters. The lowest BCUT2D eigenvalue weighted by Crippen LogP contribution is -2.55. The smallest absolute Gasteiger partial charge is 0.282 e. The van der Waals surface area contributed by atoms with Gasteiger partial charge in [0.25, 0.3) is 5.92 Å². The third-order valence-corrected chi connectivity index (χ3v) is 6.63. The number of hydrogen-bond donors (Lipinski definition) is 1. The maximum absolute atomic E-state index is 11.8. The molecule has 1 aliphatic heterocycles. The molecule has 2 aliphatic rings. The van der Waals surface area contributed by atoms with Crippen molar-refractivity contribution in [1.82, 2.24) is 24.5 Å². The Hall–Kier alpha value is -3.14. The van der Waals surface area contributed by atoms with Gasteiger partial charge < -0.3 is 10.2 Å². The van der Waals surface area contributed by atoms with Crippen LogP contribution in [0.5, 0.6) is 0 Å². The van der Waals surface area contributed by atoms with E-state index in [9.17, 15) is 13.6 Å². The summed E-state index contributed by atoms with van der Waals surface area (Å²) >= 11 is 1.82. The van der Waals surface area contributed by atoms with E-state index in [2.05, 4.69) is 26.4 Å². The van der Waals surface area contributed by atoms with Gasteiger partial charge in [-0.25, -0.2) is 23.3 Å². The van der Waals surface area contributed by atoms with Crippen LogP contribution in [0.1, 0.15) is 23.3 Å². The fourth-order valence-electron chi connectivity index (χ4n) is 3.94. The number of carbonyl (C=O) groups is 1. The van der Waals surface area contributed by atoms with E-state index in [1.807, 2.05) is 34.2 Å². The molecule has 160 valence electrons. The number of amides is 1. The van der Waals surface area contributed by atoms with Gasteiger partial charge in [-0.2, -0.15) is 5.10 Å². The molecule has 0 aromatic carbocycles. The molecule has 0 bridgehead atoms. The second kappa shape index (κ2) is 7.84. The first kappa shape index (κ1) is 19.8. The van der Waals surface area contributed by atoms with E-state index in [4.69, 9.17) is 0 Å². The van der Waals surface area contributed by atoms with E-state index in [1.165, 1.54) is 35.1 Å². The summed E-state index contributed by atoms with van der Waals surface area (Å²) in [5.74, 6) is -1.70. The third kappa shape index (κ3) is 3.95. The van der Waals surface area contributed by atoms with Gasteiger partial charge in [-0.15, -0.1) is 11.3 Å². The van der Waals surface area contributed by atoms with Crippen LogP contribution in [0.15, 0.2) is 36.9 Å². The Bertz CT molecular complexity index is 1250. The molecular weight excluding hydrogens is 422 g/mol. The zero-order valence-corrected chi connectivity index (χ0v) is 17.4. The molecule has 0 radical (unpaired) electrons. The molecule has 0 spiro atoms. The normalized spacial score (nSPS) is 16.9. The number of hydrogen-bond acceptors (Lipinski definition) is 6. The highest BCUT2D eigenvalue weighted by Gasteiger charge is 2.43. The lowest BCUT2D eigenvalue weighted by atomic mass is 9.97. The van der Waals surface area contributed by atoms with Crippen LogP contribution in [0.25, 0.3) is 15.7 Å². The largest absolute Gasteiger partial charge is 0.339 e. The van der Waals surface area contributed by atoms with Crippen molar-refractivity contribution in [2.45, 2.75) is 31.6 Å². The number of rotatable bonds is 3. The predicted octanol–water partition coefficient (Wildman–Crippen LogP) is 4.06. The SMILES string of the molecule is O=CN1CC(F)(F)C1.c1nc(Nc2ccn3nccc3c2)c2c3c(sc2n1)CCCC3. The number of aryl methyl sites for hydroxylation is 2. The summed E-state index contributed by atoms with van der Waals surface area (Å²) in [6, 6.07) is 6.10. The molecule has 0 unspecified atom stereocenters. The average Bonchev–Trinajstić information content (AvgIpc) is 3.36. The highest BCUT2D eigenvalue weighted by molar-refractivity contribution is 7.19. The molecule has 4 aromatic rings. The summed E-state index contributed by atoms with van der Waals surface area (Å²) in [5.41, 5.74) is 3.53. The van der Waals surface area contributed by atoms with Gasteiger partial charge in [-0.3, -0.25) is 4.79 Å². The molecule has 4 aromatic heterocycles. The first-order valence-corrected chi connectivity index (χ1v) is 10.9. The van der Waals surface area contributed by atoms with Crippen molar-refractivity contribution >= 4 is 45.0 Å². The molecule has 5 heterocycles. The number of fused-ring (bicyclic) bond motifs is 4. The van der Waals surface area contributed by atoms with Crippen LogP contribution < -0.4 is 5.32 Å². The minimum Gasteiger partial charge on any atom is -0.339 e. The van der Waals surface area contributed by atoms with Gasteiger partial charge in [0.05, 0.1) is 24.0 Å². The maximum Gasteiger partial charge on any atom is 0.282 e. The molecule has 31 heavy (non-hydrogen) atoms. The van der Waals surface area contributed by atoms with Crippen LogP contribution in [0.3, 0.4) is 0 Å². The number of likely N-dealkylation sites (tertiary alicyclic amines) is 1. The first-order valence-electron chi connectivity index (χ1n) is 10.1. The molecule has 7 nitrogen and oxygen atoms in total. The second-order valence-corrected chi connectivity index (χ2v) is 8.80. The van der Waals surface area contributed by atoms with Crippen LogP contribution >= 0.6 is 11.3 Å². The zero-order valence-electron chi connectivity index (χ0n) is 16.6. The van der Waals surface area contributed by atoms with Gasteiger partial charge in [-0.1, -0.05) is 0 Å². The number of pyridine rings is 1. The highest BCUT2D eigenvalue weighted by atomic mass is 32.1. The minimum atomic E-state index is -2.61. The van der Waals surface area contributed by atoms with Gasteiger partial charge in [0.15, 0.2) is 0 Å². The van der Waals surface area contributed by atoms with Crippen LogP contribution in [-0.2, 0) is 17.6 Å². The predicted molar refractivity (Wildman–Crippen MR) is 115 cm³/mol. The quantitative estimate of drug-likeness (QED) is 0.485. The molecule has 1 amide bonds. The maximum atomic E-state index is 11.8. The van der Waals surface area contributed by atoms with Gasteiger partial charge in [0.1, 0.15) is 17.0 Å². The molecule has 6 rings (SSSR count). The monoisotopic (exact) mass is 442 g/mol. The summed E-state index contributed by atoms with van der Waals surface area (Å²) in [5, 5.41) is 8.92. The fraction of sp³-hybridized carbons (Fsp3) is 0.333. The standard InChI is InChI=1S/C17H15N5S.C4H5F2NO/c1-2-4-14-13(3-1)15-16(18-10-19-17(15)23-14)21-11-6-8-22-12(9-11)5-7-20-22;5-4(6)1-7(2-4)3-8/h5-10H,1-4H2,(H,18,19,21);3H,1-2H2. The summed E-state index contributed by atoms with van der Waals surface area (Å²) in [7, 11) is 0. The molecule has 1 N–H and O–H groups in total. The first-order chi connectivity index (χ1) is 15.0. The number of carbonyl (C=O) groups excluding carboxylic acids is 1. The fourth-order valence-corrected chi connectivity index (χ4v) is 5.17. The van der Waals surface area contributed by atoms with Crippen molar-refractivity contribution in [3.63, 3.8) is 0 Å². The van der Waals surface area contributed by atoms with Crippen molar-refractivity contribution in [2.24, 2.45) is 0 Å². The Labute approximate surface area is 180 Å². The lowest BCUT2D eigenvalue weighted by molar-refractivity contribution is -0.153. The molecule has 1 aliphatic carbocycles. The third-order valence-electron chi connectivity index (χ3n) is 5.43. The van der Waals surface area contributed by atoms with E-state index < -0.39 is 19.0 Å². The molecule has 10 heteroatoms. The minimum absolute atomic E-state index is 0.406. The molecule has 0 saturated carbocycles. The van der Waals surface area contributed by atoms with Crippen LogP contribution in [-0.4, -0.2) is 49.9 Å². The van der Waals surface area contributed by atoms with Crippen LogP contribution in [0.2, 0.25) is 0 Å². The second-order valence-electron chi connectivity index (χ2n) is 7.72. The van der Waals surface area contributed by atoms with Crippen LogP contribution in [0, 0.1) is 0 Å². The summed E-state index contributed by atoms with van der Waals surface area (Å²) in [4.78, 5) is 22.3. The number of nitrogens with one attached hydrogen (secondary N) is 1. The Morgan fingerprint density at radius 2 is 2.00 bits per heavy atom. The Morgan fingerprint density at radius 3 is 2.77 bits per heavy atom. The van der Waals surface area contributed by atoms with E-state index in [-0.39, 0.29) is 0 Å². The number of thiophene rings is 1. The van der Waals surface area contributed by atoms with Crippen LogP contribution in [0.4, 0.5) is 20.3 Å². The van der Waals surface area contributed by atoms with E-state index in [0.29, 0.717) is 6.41 Å². The van der Waals surface area contributed by atoms with E-state index in [1.54, 1.807) is 12.5 Å². The van der Waals surface area contributed by atoms with E-state index >= 15 is 0 Å². The van der Waals surface area contributed by atoms with Gasteiger partial charge >= 0.3 is 0 Å². The highest BCUT2D eigenvalue weighted by Crippen LogP contribution is 2.38. The van der Waals surface area contributed by atoms with Crippen molar-refractivity contribution in [3.8, 4) is 0 Å². The van der Waals surface area contributed by atoms with Gasteiger partial charge in [0, 0.05) is 23.0 Å². The number of nitrogens with zero attached hydrogens (tertiary/aromatic N) is 5. The molecule has 1 fully saturated rings. The van der Waals surface area contributed by atoms with Crippen molar-refractivity contribution in [1.29, 1.82) is 0 Å².